The Morgan fingerprint density at radius 2 is 2.07 bits per heavy atom. The highest BCUT2D eigenvalue weighted by atomic mass is 35.5. The van der Waals surface area contributed by atoms with Crippen LogP contribution in [-0.4, -0.2) is 49.3 Å². The minimum Gasteiger partial charge on any atom is -0.493 e. The molecule has 1 aromatic heterocycles. The molecule has 1 unspecified atom stereocenters. The molecule has 1 amide bonds. The predicted molar refractivity (Wildman–Crippen MR) is 114 cm³/mol. The van der Waals surface area contributed by atoms with Crippen LogP contribution in [0, 0.1) is 5.92 Å². The van der Waals surface area contributed by atoms with Gasteiger partial charge in [0.25, 0.3) is 5.56 Å². The zero-order valence-corrected chi connectivity index (χ0v) is 17.7. The summed E-state index contributed by atoms with van der Waals surface area (Å²) in [5.41, 5.74) is 0.400. The average Bonchev–Trinajstić information content (AvgIpc) is 2.73. The van der Waals surface area contributed by atoms with Crippen LogP contribution in [0.5, 0.6) is 11.5 Å². The van der Waals surface area contributed by atoms with E-state index in [-0.39, 0.29) is 23.9 Å². The van der Waals surface area contributed by atoms with Crippen LogP contribution in [0.25, 0.3) is 10.9 Å². The normalized spacial score (nSPS) is 16.1. The molecular weight excluding hydrogens is 396 g/mol. The summed E-state index contributed by atoms with van der Waals surface area (Å²) < 4.78 is 12.1. The van der Waals surface area contributed by atoms with Crippen LogP contribution in [0.2, 0.25) is 0 Å². The van der Waals surface area contributed by atoms with Gasteiger partial charge >= 0.3 is 0 Å². The minimum atomic E-state index is -0.153. The van der Waals surface area contributed by atoms with Crippen molar-refractivity contribution in [1.29, 1.82) is 0 Å². The van der Waals surface area contributed by atoms with Crippen LogP contribution in [0.1, 0.15) is 25.7 Å². The first kappa shape index (κ1) is 23.0. The van der Waals surface area contributed by atoms with E-state index in [0.717, 1.165) is 25.9 Å². The van der Waals surface area contributed by atoms with Gasteiger partial charge in [-0.05, 0) is 44.3 Å². The lowest BCUT2D eigenvalue weighted by Gasteiger charge is -2.22. The van der Waals surface area contributed by atoms with Crippen molar-refractivity contribution in [2.45, 2.75) is 32.2 Å². The molecule has 8 nitrogen and oxygen atoms in total. The van der Waals surface area contributed by atoms with Crippen molar-refractivity contribution in [3.8, 4) is 11.5 Å². The summed E-state index contributed by atoms with van der Waals surface area (Å²) in [6.07, 6.45) is 4.79. The van der Waals surface area contributed by atoms with Gasteiger partial charge in [-0.3, -0.25) is 14.2 Å². The van der Waals surface area contributed by atoms with Gasteiger partial charge in [0.1, 0.15) is 0 Å². The molecule has 1 aliphatic rings. The molecule has 1 aromatic carbocycles. The molecule has 0 aliphatic carbocycles. The third-order valence-electron chi connectivity index (χ3n) is 5.12. The number of benzene rings is 1. The maximum absolute atomic E-state index is 12.7. The third kappa shape index (κ3) is 5.83. The smallest absolute Gasteiger partial charge is 0.261 e. The quantitative estimate of drug-likeness (QED) is 0.670. The minimum absolute atomic E-state index is 0. The van der Waals surface area contributed by atoms with Crippen LogP contribution in [0.15, 0.2) is 23.3 Å². The molecular formula is C20H29ClN4O4. The first-order valence-electron chi connectivity index (χ1n) is 9.71. The number of carbonyl (C=O) groups is 1. The van der Waals surface area contributed by atoms with Crippen molar-refractivity contribution >= 4 is 29.2 Å². The largest absolute Gasteiger partial charge is 0.493 e. The fourth-order valence-corrected chi connectivity index (χ4v) is 3.50. The van der Waals surface area contributed by atoms with Crippen molar-refractivity contribution in [3.05, 3.63) is 28.8 Å². The number of nitrogens with zero attached hydrogens (tertiary/aromatic N) is 2. The second-order valence-electron chi connectivity index (χ2n) is 7.09. The number of hydrogen-bond acceptors (Lipinski definition) is 6. The molecule has 2 aromatic rings. The number of piperidine rings is 1. The van der Waals surface area contributed by atoms with E-state index in [1.807, 2.05) is 0 Å². The van der Waals surface area contributed by atoms with E-state index >= 15 is 0 Å². The Morgan fingerprint density at radius 3 is 2.76 bits per heavy atom. The van der Waals surface area contributed by atoms with E-state index < -0.39 is 0 Å². The fraction of sp³-hybridized carbons (Fsp3) is 0.550. The highest BCUT2D eigenvalue weighted by Crippen LogP contribution is 2.29. The second kappa shape index (κ2) is 11.0. The number of halogens is 1. The van der Waals surface area contributed by atoms with Crippen LogP contribution in [0.4, 0.5) is 0 Å². The monoisotopic (exact) mass is 424 g/mol. The summed E-state index contributed by atoms with van der Waals surface area (Å²) in [5.74, 6) is 1.56. The zero-order chi connectivity index (χ0) is 19.9. The van der Waals surface area contributed by atoms with Crippen LogP contribution < -0.4 is 25.7 Å². The first-order chi connectivity index (χ1) is 13.6. The molecule has 1 fully saturated rings. The molecule has 3 rings (SSSR count). The van der Waals surface area contributed by atoms with Crippen LogP contribution >= 0.6 is 12.4 Å². The standard InChI is InChI=1S/C20H28N4O4.ClH/c1-27-17-9-15-16(10-18(17)28-2)23-13-24(20(15)26)8-4-6-19(25)22-12-14-5-3-7-21-11-14;/h9-10,13-14,21H,3-8,11-12H2,1-2H3,(H,22,25);1H. The Labute approximate surface area is 176 Å². The summed E-state index contributed by atoms with van der Waals surface area (Å²) in [6, 6.07) is 3.33. The van der Waals surface area contributed by atoms with Gasteiger partial charge in [-0.1, -0.05) is 0 Å². The van der Waals surface area contributed by atoms with E-state index in [1.165, 1.54) is 18.0 Å². The molecule has 0 saturated carbocycles. The van der Waals surface area contributed by atoms with Crippen molar-refractivity contribution in [3.63, 3.8) is 0 Å². The molecule has 2 heterocycles. The number of carbonyl (C=O) groups excluding carboxylic acids is 1. The van der Waals surface area contributed by atoms with E-state index in [1.54, 1.807) is 19.2 Å². The number of fused-ring (bicyclic) bond motifs is 1. The summed E-state index contributed by atoms with van der Waals surface area (Å²) in [6.45, 7) is 3.18. The van der Waals surface area contributed by atoms with Gasteiger partial charge in [-0.15, -0.1) is 12.4 Å². The highest BCUT2D eigenvalue weighted by Gasteiger charge is 2.14. The van der Waals surface area contributed by atoms with Crippen molar-refractivity contribution in [1.82, 2.24) is 20.2 Å². The Kier molecular flexibility index (Phi) is 8.72. The number of hydrogen-bond donors (Lipinski definition) is 2. The summed E-state index contributed by atoms with van der Waals surface area (Å²) >= 11 is 0. The Balaban J connectivity index is 0.00000300. The van der Waals surface area contributed by atoms with Crippen molar-refractivity contribution in [2.24, 2.45) is 5.92 Å². The zero-order valence-electron chi connectivity index (χ0n) is 16.9. The molecule has 160 valence electrons. The lowest BCUT2D eigenvalue weighted by molar-refractivity contribution is -0.121. The maximum atomic E-state index is 12.7. The number of amides is 1. The molecule has 9 heteroatoms. The summed E-state index contributed by atoms with van der Waals surface area (Å²) in [7, 11) is 3.07. The topological polar surface area (TPSA) is 94.5 Å². The van der Waals surface area contributed by atoms with Gasteiger partial charge in [-0.25, -0.2) is 4.98 Å². The number of rotatable bonds is 8. The van der Waals surface area contributed by atoms with Gasteiger partial charge < -0.3 is 20.1 Å². The van der Waals surface area contributed by atoms with E-state index in [2.05, 4.69) is 15.6 Å². The Morgan fingerprint density at radius 1 is 1.31 bits per heavy atom. The average molecular weight is 425 g/mol. The molecule has 0 radical (unpaired) electrons. The van der Waals surface area contributed by atoms with Crippen molar-refractivity contribution in [2.75, 3.05) is 33.9 Å². The van der Waals surface area contributed by atoms with E-state index in [4.69, 9.17) is 9.47 Å². The van der Waals surface area contributed by atoms with Crippen LogP contribution in [-0.2, 0) is 11.3 Å². The number of nitrogens with one attached hydrogen (secondary N) is 2. The number of aryl methyl sites for hydroxylation is 1. The third-order valence-corrected chi connectivity index (χ3v) is 5.12. The predicted octanol–water partition coefficient (Wildman–Crippen LogP) is 1.73. The Bertz CT molecular complexity index is 881. The molecule has 0 bridgehead atoms. The Hall–Kier alpha value is -2.32. The van der Waals surface area contributed by atoms with Gasteiger partial charge in [-0.2, -0.15) is 0 Å². The second-order valence-corrected chi connectivity index (χ2v) is 7.09. The first-order valence-corrected chi connectivity index (χ1v) is 9.71. The molecule has 1 aliphatic heterocycles. The molecule has 1 saturated heterocycles. The van der Waals surface area contributed by atoms with Gasteiger partial charge in [0.05, 0.1) is 31.4 Å². The summed E-state index contributed by atoms with van der Waals surface area (Å²) in [4.78, 5) is 29.1. The molecule has 0 spiro atoms. The lowest BCUT2D eigenvalue weighted by Crippen LogP contribution is -2.38. The fourth-order valence-electron chi connectivity index (χ4n) is 3.50. The molecule has 1 atom stereocenters. The highest BCUT2D eigenvalue weighted by molar-refractivity contribution is 5.85. The molecule has 29 heavy (non-hydrogen) atoms. The summed E-state index contributed by atoms with van der Waals surface area (Å²) in [5, 5.41) is 6.81. The van der Waals surface area contributed by atoms with Crippen molar-refractivity contribution < 1.29 is 14.3 Å². The van der Waals surface area contributed by atoms with Gasteiger partial charge in [0.15, 0.2) is 11.5 Å². The van der Waals surface area contributed by atoms with Gasteiger partial charge in [0, 0.05) is 25.6 Å². The number of methoxy groups -OCH3 is 2. The maximum Gasteiger partial charge on any atom is 0.261 e. The molecule has 2 N–H and O–H groups in total. The van der Waals surface area contributed by atoms with Gasteiger partial charge in [0.2, 0.25) is 5.91 Å². The number of aromatic nitrogens is 2. The number of ether oxygens (including phenoxy) is 2. The van der Waals surface area contributed by atoms with Crippen LogP contribution in [0.3, 0.4) is 0 Å². The van der Waals surface area contributed by atoms with E-state index in [0.29, 0.717) is 54.3 Å². The SMILES string of the molecule is COc1cc2ncn(CCCC(=O)NCC3CCCNC3)c(=O)c2cc1OC.Cl. The van der Waals surface area contributed by atoms with E-state index in [9.17, 15) is 9.59 Å². The lowest BCUT2D eigenvalue weighted by atomic mass is 10.00.